The number of amides is 2. The van der Waals surface area contributed by atoms with E-state index in [1.165, 1.54) is 51.3 Å². The SMILES string of the molecule is COc1ccc(CC(=O)N=C(N)N)cc1OC.O=C(CCC1CCCCC1)NCc1ccc(F)cc1. The van der Waals surface area contributed by atoms with E-state index < -0.39 is 5.91 Å². The van der Waals surface area contributed by atoms with E-state index in [2.05, 4.69) is 10.3 Å². The minimum absolute atomic E-state index is 0.106. The number of nitrogens with zero attached hydrogens (tertiary/aromatic N) is 1. The number of ether oxygens (including phenoxy) is 2. The van der Waals surface area contributed by atoms with E-state index in [1.54, 1.807) is 37.4 Å². The molecule has 0 bridgehead atoms. The largest absolute Gasteiger partial charge is 0.493 e. The lowest BCUT2D eigenvalue weighted by molar-refractivity contribution is -0.121. The van der Waals surface area contributed by atoms with Gasteiger partial charge in [0.05, 0.1) is 20.6 Å². The molecular formula is C27H37FN4O4. The summed E-state index contributed by atoms with van der Waals surface area (Å²) in [6.45, 7) is 0.490. The number of carbonyl (C=O) groups excluding carboxylic acids is 2. The first-order chi connectivity index (χ1) is 17.3. The maximum absolute atomic E-state index is 12.7. The van der Waals surface area contributed by atoms with Gasteiger partial charge in [0, 0.05) is 13.0 Å². The Hall–Kier alpha value is -3.62. The van der Waals surface area contributed by atoms with Gasteiger partial charge in [-0.3, -0.25) is 9.59 Å². The first kappa shape index (κ1) is 28.6. The van der Waals surface area contributed by atoms with Crippen molar-refractivity contribution in [3.8, 4) is 11.5 Å². The van der Waals surface area contributed by atoms with Crippen LogP contribution in [0.3, 0.4) is 0 Å². The molecule has 0 saturated heterocycles. The van der Waals surface area contributed by atoms with Crippen molar-refractivity contribution in [1.82, 2.24) is 5.32 Å². The summed E-state index contributed by atoms with van der Waals surface area (Å²) in [5.41, 5.74) is 11.9. The number of hydrogen-bond acceptors (Lipinski definition) is 4. The van der Waals surface area contributed by atoms with Crippen LogP contribution in [-0.4, -0.2) is 32.0 Å². The fourth-order valence-electron chi connectivity index (χ4n) is 4.05. The molecule has 1 fully saturated rings. The molecular weight excluding hydrogens is 463 g/mol. The van der Waals surface area contributed by atoms with Crippen molar-refractivity contribution in [2.75, 3.05) is 14.2 Å². The summed E-state index contributed by atoms with van der Waals surface area (Å²) in [5.74, 6) is 1.12. The molecule has 2 aromatic carbocycles. The molecule has 1 aliphatic rings. The van der Waals surface area contributed by atoms with Crippen molar-refractivity contribution in [2.45, 2.75) is 57.9 Å². The summed E-state index contributed by atoms with van der Waals surface area (Å²) in [6, 6.07) is 11.4. The highest BCUT2D eigenvalue weighted by Crippen LogP contribution is 2.28. The van der Waals surface area contributed by atoms with E-state index >= 15 is 0 Å². The molecule has 8 nitrogen and oxygen atoms in total. The van der Waals surface area contributed by atoms with E-state index in [0.717, 1.165) is 23.5 Å². The molecule has 0 aliphatic heterocycles. The normalized spacial score (nSPS) is 13.1. The maximum Gasteiger partial charge on any atom is 0.253 e. The number of nitrogens with two attached hydrogens (primary N) is 2. The molecule has 1 saturated carbocycles. The van der Waals surface area contributed by atoms with Gasteiger partial charge >= 0.3 is 0 Å². The summed E-state index contributed by atoms with van der Waals surface area (Å²) in [7, 11) is 3.07. The number of aliphatic imine (C=N–C) groups is 1. The van der Waals surface area contributed by atoms with Crippen molar-refractivity contribution in [2.24, 2.45) is 22.4 Å². The Morgan fingerprint density at radius 1 is 0.972 bits per heavy atom. The Bertz CT molecular complexity index is 1000. The first-order valence-corrected chi connectivity index (χ1v) is 12.1. The predicted octanol–water partition coefficient (Wildman–Crippen LogP) is 3.85. The highest BCUT2D eigenvalue weighted by molar-refractivity contribution is 5.92. The smallest absolute Gasteiger partial charge is 0.253 e. The van der Waals surface area contributed by atoms with Crippen LogP contribution >= 0.6 is 0 Å². The van der Waals surface area contributed by atoms with Crippen LogP contribution < -0.4 is 26.3 Å². The fraction of sp³-hybridized carbons (Fsp3) is 0.444. The van der Waals surface area contributed by atoms with Crippen LogP contribution in [0.15, 0.2) is 47.5 Å². The van der Waals surface area contributed by atoms with Crippen LogP contribution in [-0.2, 0) is 22.6 Å². The number of halogens is 1. The summed E-state index contributed by atoms with van der Waals surface area (Å²) in [6.07, 6.45) is 8.30. The van der Waals surface area contributed by atoms with Crippen LogP contribution in [0.5, 0.6) is 11.5 Å². The third-order valence-electron chi connectivity index (χ3n) is 5.96. The van der Waals surface area contributed by atoms with Crippen molar-refractivity contribution >= 4 is 17.8 Å². The van der Waals surface area contributed by atoms with Gasteiger partial charge in [0.2, 0.25) is 5.91 Å². The van der Waals surface area contributed by atoms with Crippen molar-refractivity contribution in [1.29, 1.82) is 0 Å². The number of benzene rings is 2. The van der Waals surface area contributed by atoms with Gasteiger partial charge in [-0.2, -0.15) is 4.99 Å². The summed E-state index contributed by atoms with van der Waals surface area (Å²) < 4.78 is 22.9. The van der Waals surface area contributed by atoms with Gasteiger partial charge in [-0.25, -0.2) is 4.39 Å². The van der Waals surface area contributed by atoms with Crippen LogP contribution in [0, 0.1) is 11.7 Å². The predicted molar refractivity (Wildman–Crippen MR) is 138 cm³/mol. The zero-order valence-corrected chi connectivity index (χ0v) is 21.1. The van der Waals surface area contributed by atoms with Crippen molar-refractivity contribution in [3.05, 3.63) is 59.4 Å². The van der Waals surface area contributed by atoms with E-state index in [0.29, 0.717) is 24.5 Å². The zero-order valence-electron chi connectivity index (χ0n) is 21.1. The molecule has 0 radical (unpaired) electrons. The molecule has 9 heteroatoms. The third-order valence-corrected chi connectivity index (χ3v) is 5.96. The summed E-state index contributed by atoms with van der Waals surface area (Å²) >= 11 is 0. The minimum Gasteiger partial charge on any atom is -0.493 e. The third kappa shape index (κ3) is 10.8. The number of rotatable bonds is 9. The molecule has 0 atom stereocenters. The monoisotopic (exact) mass is 500 g/mol. The van der Waals surface area contributed by atoms with Gasteiger partial charge in [0.25, 0.3) is 5.91 Å². The van der Waals surface area contributed by atoms with Crippen LogP contribution in [0.25, 0.3) is 0 Å². The Labute approximate surface area is 212 Å². The molecule has 36 heavy (non-hydrogen) atoms. The number of nitrogens with one attached hydrogen (secondary N) is 1. The highest BCUT2D eigenvalue weighted by Gasteiger charge is 2.14. The molecule has 196 valence electrons. The molecule has 3 rings (SSSR count). The molecule has 0 unspecified atom stereocenters. The Kier molecular flexibility index (Phi) is 12.2. The van der Waals surface area contributed by atoms with Crippen LogP contribution in [0.2, 0.25) is 0 Å². The number of methoxy groups -OCH3 is 2. The first-order valence-electron chi connectivity index (χ1n) is 12.1. The van der Waals surface area contributed by atoms with Gasteiger partial charge in [0.1, 0.15) is 5.82 Å². The van der Waals surface area contributed by atoms with Gasteiger partial charge in [-0.05, 0) is 47.7 Å². The standard InChI is InChI=1S/C16H22FNO.C11H15N3O3/c17-15-9-6-14(7-10-15)12-18-16(19)11-8-13-4-2-1-3-5-13;1-16-8-4-3-7(5-9(8)17-2)6-10(15)14-11(12)13/h6-7,9-10,13H,1-5,8,11-12H2,(H,18,19);3-5H,6H2,1-2H3,(H4,12,13,14,15). The molecule has 0 aromatic heterocycles. The Morgan fingerprint density at radius 2 is 1.61 bits per heavy atom. The van der Waals surface area contributed by atoms with Crippen LogP contribution in [0.1, 0.15) is 56.1 Å². The zero-order chi connectivity index (χ0) is 26.3. The Morgan fingerprint density at radius 3 is 2.22 bits per heavy atom. The molecule has 2 amide bonds. The van der Waals surface area contributed by atoms with E-state index in [-0.39, 0.29) is 24.1 Å². The summed E-state index contributed by atoms with van der Waals surface area (Å²) in [5, 5.41) is 2.90. The molecule has 1 aliphatic carbocycles. The highest BCUT2D eigenvalue weighted by atomic mass is 19.1. The quantitative estimate of drug-likeness (QED) is 0.354. The van der Waals surface area contributed by atoms with E-state index in [1.807, 2.05) is 0 Å². The summed E-state index contributed by atoms with van der Waals surface area (Å²) in [4.78, 5) is 26.5. The topological polar surface area (TPSA) is 129 Å². The molecule has 5 N–H and O–H groups in total. The second kappa shape index (κ2) is 15.4. The fourth-order valence-corrected chi connectivity index (χ4v) is 4.05. The number of guanidine groups is 1. The van der Waals surface area contributed by atoms with Crippen molar-refractivity contribution in [3.63, 3.8) is 0 Å². The molecule has 2 aromatic rings. The average molecular weight is 501 g/mol. The lowest BCUT2D eigenvalue weighted by Gasteiger charge is -2.20. The lowest BCUT2D eigenvalue weighted by Crippen LogP contribution is -2.24. The molecule has 0 spiro atoms. The van der Waals surface area contributed by atoms with E-state index in [9.17, 15) is 14.0 Å². The second-order valence-electron chi connectivity index (χ2n) is 8.74. The van der Waals surface area contributed by atoms with Gasteiger partial charge in [-0.15, -0.1) is 0 Å². The number of hydrogen-bond donors (Lipinski definition) is 3. The van der Waals surface area contributed by atoms with E-state index in [4.69, 9.17) is 20.9 Å². The van der Waals surface area contributed by atoms with Crippen LogP contribution in [0.4, 0.5) is 4.39 Å². The average Bonchev–Trinajstić information content (AvgIpc) is 2.87. The van der Waals surface area contributed by atoms with Gasteiger partial charge in [0.15, 0.2) is 17.5 Å². The van der Waals surface area contributed by atoms with Gasteiger partial charge < -0.3 is 26.3 Å². The minimum atomic E-state index is -0.405. The van der Waals surface area contributed by atoms with Gasteiger partial charge in [-0.1, -0.05) is 50.3 Å². The lowest BCUT2D eigenvalue weighted by atomic mass is 9.86. The van der Waals surface area contributed by atoms with Crippen molar-refractivity contribution < 1.29 is 23.5 Å². The second-order valence-corrected chi connectivity index (χ2v) is 8.74. The molecule has 0 heterocycles. The Balaban J connectivity index is 0.000000255. The maximum atomic E-state index is 12.7. The number of carbonyl (C=O) groups is 2.